The molecule has 160 valence electrons. The fraction of sp³-hybridized carbons (Fsp3) is 0.0625. The Morgan fingerprint density at radius 2 is 1.40 bits per heavy atom. The number of carbonyl (C=O) groups is 1. The Balaban J connectivity index is 2.28. The van der Waals surface area contributed by atoms with Gasteiger partial charge in [0.05, 0.1) is 55.3 Å². The maximum atomic E-state index is 12.1. The molecule has 0 saturated carbocycles. The lowest BCUT2D eigenvalue weighted by Crippen LogP contribution is -2.25. The molecule has 30 heavy (non-hydrogen) atoms. The number of hydrogen-bond acceptors (Lipinski definition) is 8. The van der Waals surface area contributed by atoms with Crippen molar-refractivity contribution in [3.63, 3.8) is 0 Å². The average molecular weight is 525 g/mol. The fourth-order valence-corrected chi connectivity index (χ4v) is 6.01. The first kappa shape index (κ1) is 23.2. The van der Waals surface area contributed by atoms with Gasteiger partial charge in [-0.1, -0.05) is 23.2 Å². The lowest BCUT2D eigenvalue weighted by Gasteiger charge is -2.32. The van der Waals surface area contributed by atoms with Gasteiger partial charge in [-0.15, -0.1) is 22.7 Å². The Morgan fingerprint density at radius 3 is 1.80 bits per heavy atom. The summed E-state index contributed by atoms with van der Waals surface area (Å²) in [4.78, 5) is 12.0. The highest BCUT2D eigenvalue weighted by molar-refractivity contribution is 7.82. The van der Waals surface area contributed by atoms with Crippen LogP contribution in [0.1, 0.15) is 10.4 Å². The van der Waals surface area contributed by atoms with E-state index in [2.05, 4.69) is 0 Å². The number of rotatable bonds is 7. The first-order chi connectivity index (χ1) is 14.2. The van der Waals surface area contributed by atoms with E-state index in [-0.39, 0.29) is 26.9 Å². The van der Waals surface area contributed by atoms with Crippen molar-refractivity contribution in [2.45, 2.75) is 0 Å². The summed E-state index contributed by atoms with van der Waals surface area (Å²) in [7, 11) is 1.17. The third kappa shape index (κ3) is 4.86. The molecule has 0 N–H and O–H groups in total. The molecule has 3 aromatic rings. The maximum Gasteiger partial charge on any atom is 0.337 e. The van der Waals surface area contributed by atoms with Crippen LogP contribution in [0.5, 0.6) is 0 Å². The Bertz CT molecular complexity index is 1130. The smallest absolute Gasteiger partial charge is 0.337 e. The molecule has 0 fully saturated rings. The van der Waals surface area contributed by atoms with Crippen LogP contribution in [0.25, 0.3) is 0 Å². The van der Waals surface area contributed by atoms with E-state index in [1.165, 1.54) is 49.6 Å². The zero-order valence-corrected chi connectivity index (χ0v) is 19.6. The number of halogens is 2. The van der Waals surface area contributed by atoms with Gasteiger partial charge < -0.3 is 13.8 Å². The second-order valence-corrected chi connectivity index (χ2v) is 10.4. The predicted octanol–water partition coefficient (Wildman–Crippen LogP) is 4.77. The summed E-state index contributed by atoms with van der Waals surface area (Å²) in [5, 5.41) is 0.415. The molecule has 0 spiro atoms. The van der Waals surface area contributed by atoms with Gasteiger partial charge in [0.25, 0.3) is 0 Å². The Hall–Kier alpha value is -1.51. The number of nitrogens with zero attached hydrogens (tertiary/aromatic N) is 2. The number of anilines is 4. The molecule has 0 amide bonds. The average Bonchev–Trinajstić information content (AvgIpc) is 3.30. The van der Waals surface area contributed by atoms with Gasteiger partial charge in [-0.05, 0) is 42.5 Å². The summed E-state index contributed by atoms with van der Waals surface area (Å²) in [6, 6.07) is 9.78. The molecule has 0 aliphatic heterocycles. The van der Waals surface area contributed by atoms with Gasteiger partial charge in [-0.2, -0.15) is 0 Å². The molecule has 0 aliphatic carbocycles. The molecule has 0 aliphatic rings. The summed E-state index contributed by atoms with van der Waals surface area (Å²) in [5.41, 5.74) is -0.100. The lowest BCUT2D eigenvalue weighted by atomic mass is 10.1. The summed E-state index contributed by atoms with van der Waals surface area (Å²) in [6.45, 7) is 0. The molecule has 2 unspecified atom stereocenters. The number of ether oxygens (including phenoxy) is 1. The largest absolute Gasteiger partial charge is 0.755 e. The van der Waals surface area contributed by atoms with Crippen LogP contribution in [0.15, 0.2) is 42.5 Å². The highest BCUT2D eigenvalue weighted by atomic mass is 35.5. The molecule has 3 rings (SSSR count). The normalized spacial score (nSPS) is 13.0. The van der Waals surface area contributed by atoms with E-state index < -0.39 is 28.5 Å². The molecule has 0 saturated heterocycles. The minimum atomic E-state index is -2.87. The van der Waals surface area contributed by atoms with Gasteiger partial charge in [0.15, 0.2) is 0 Å². The van der Waals surface area contributed by atoms with Crippen molar-refractivity contribution in [3.05, 3.63) is 56.7 Å². The third-order valence-electron chi connectivity index (χ3n) is 3.65. The molecule has 14 heteroatoms. The quantitative estimate of drug-likeness (QED) is 0.325. The van der Waals surface area contributed by atoms with Crippen molar-refractivity contribution in [2.24, 2.45) is 0 Å². The zero-order chi connectivity index (χ0) is 22.0. The van der Waals surface area contributed by atoms with Crippen LogP contribution in [0, 0.1) is 0 Å². The summed E-state index contributed by atoms with van der Waals surface area (Å²) in [6.07, 6.45) is 0. The molecular formula is C16H10Cl2N2O6S4-2. The Kier molecular flexibility index (Phi) is 7.52. The Labute approximate surface area is 194 Å². The van der Waals surface area contributed by atoms with Crippen LogP contribution in [-0.2, 0) is 27.3 Å². The molecule has 8 nitrogen and oxygen atoms in total. The number of carbonyl (C=O) groups excluding carboxylic acids is 1. The lowest BCUT2D eigenvalue weighted by molar-refractivity contribution is 0.0600. The van der Waals surface area contributed by atoms with E-state index in [0.29, 0.717) is 8.67 Å². The monoisotopic (exact) mass is 524 g/mol. The van der Waals surface area contributed by atoms with Crippen molar-refractivity contribution in [2.75, 3.05) is 15.7 Å². The predicted molar refractivity (Wildman–Crippen MR) is 119 cm³/mol. The van der Waals surface area contributed by atoms with Gasteiger partial charge in [0.2, 0.25) is 0 Å². The minimum Gasteiger partial charge on any atom is -0.755 e. The first-order valence-corrected chi connectivity index (χ1v) is 12.2. The van der Waals surface area contributed by atoms with Crippen molar-refractivity contribution in [1.82, 2.24) is 0 Å². The summed E-state index contributed by atoms with van der Waals surface area (Å²) >= 11 is 8.12. The molecule has 2 atom stereocenters. The summed E-state index contributed by atoms with van der Waals surface area (Å²) in [5.74, 6) is -0.724. The van der Waals surface area contributed by atoms with Crippen LogP contribution < -0.4 is 8.61 Å². The van der Waals surface area contributed by atoms with Crippen LogP contribution in [0.4, 0.5) is 21.4 Å². The molecule has 0 bridgehead atoms. The topological polar surface area (TPSA) is 113 Å². The zero-order valence-electron chi connectivity index (χ0n) is 14.8. The van der Waals surface area contributed by atoms with Crippen molar-refractivity contribution < 1.29 is 27.1 Å². The van der Waals surface area contributed by atoms with E-state index in [1.807, 2.05) is 0 Å². The van der Waals surface area contributed by atoms with Crippen LogP contribution in [-0.4, -0.2) is 30.6 Å². The van der Waals surface area contributed by atoms with E-state index in [0.717, 1.165) is 31.3 Å². The minimum absolute atomic E-state index is 0.0233. The highest BCUT2D eigenvalue weighted by Crippen LogP contribution is 2.44. The van der Waals surface area contributed by atoms with Crippen LogP contribution >= 0.6 is 45.9 Å². The number of hydrogen-bond donors (Lipinski definition) is 0. The van der Waals surface area contributed by atoms with Crippen LogP contribution in [0.3, 0.4) is 0 Å². The molecule has 1 aromatic carbocycles. The third-order valence-corrected chi connectivity index (χ3v) is 7.70. The summed E-state index contributed by atoms with van der Waals surface area (Å²) < 4.78 is 55.5. The Morgan fingerprint density at radius 1 is 0.900 bits per heavy atom. The second kappa shape index (κ2) is 9.75. The maximum absolute atomic E-state index is 12.1. The second-order valence-electron chi connectivity index (χ2n) is 5.37. The van der Waals surface area contributed by atoms with Gasteiger partial charge in [-0.3, -0.25) is 17.0 Å². The van der Waals surface area contributed by atoms with Gasteiger partial charge >= 0.3 is 5.97 Å². The fourth-order valence-electron chi connectivity index (χ4n) is 2.48. The van der Waals surface area contributed by atoms with Gasteiger partial charge in [0, 0.05) is 0 Å². The number of esters is 1. The van der Waals surface area contributed by atoms with Crippen LogP contribution in [0.2, 0.25) is 8.67 Å². The molecular weight excluding hydrogens is 515 g/mol. The van der Waals surface area contributed by atoms with E-state index >= 15 is 0 Å². The number of methoxy groups -OCH3 is 1. The SMILES string of the molecule is COC(=O)c1ccc(N(c2ccc(Cl)s2)S(=O)[O-])c(N(c2ccc(Cl)s2)S(=O)[O-])c1. The highest BCUT2D eigenvalue weighted by Gasteiger charge is 2.24. The van der Waals surface area contributed by atoms with E-state index in [1.54, 1.807) is 0 Å². The molecule has 0 radical (unpaired) electrons. The van der Waals surface area contributed by atoms with Crippen molar-refractivity contribution >= 4 is 95.8 Å². The number of thiophene rings is 2. The molecule has 2 heterocycles. The standard InChI is InChI=1S/C16H12Cl2N2O6S4/c1-26-16(21)9-2-3-10(19(29(22)23)14-6-4-12(17)27-14)11(8-9)20(30(24)25)15-7-5-13(18)28-15/h2-8H,1H3,(H,22,23)(H,24,25)/p-2. The first-order valence-electron chi connectivity index (χ1n) is 7.75. The number of benzene rings is 1. The van der Waals surface area contributed by atoms with Crippen molar-refractivity contribution in [3.8, 4) is 0 Å². The van der Waals surface area contributed by atoms with Gasteiger partial charge in [0.1, 0.15) is 10.0 Å². The molecule has 2 aromatic heterocycles. The van der Waals surface area contributed by atoms with E-state index in [9.17, 15) is 22.3 Å². The van der Waals surface area contributed by atoms with E-state index in [4.69, 9.17) is 27.9 Å². The van der Waals surface area contributed by atoms with Gasteiger partial charge in [-0.25, -0.2) is 4.79 Å². The van der Waals surface area contributed by atoms with Crippen molar-refractivity contribution in [1.29, 1.82) is 0 Å².